The van der Waals surface area contributed by atoms with Crippen LogP contribution in [0.3, 0.4) is 0 Å². The first kappa shape index (κ1) is 15.4. The molecule has 4 rings (SSSR count). The number of benzene rings is 1. The van der Waals surface area contributed by atoms with E-state index < -0.39 is 0 Å². The maximum absolute atomic E-state index is 6.25. The Bertz CT molecular complexity index is 1050. The minimum absolute atomic E-state index is 0.537. The van der Waals surface area contributed by atoms with E-state index in [1.54, 1.807) is 29.8 Å². The maximum Gasteiger partial charge on any atom is 0.235 e. The zero-order valence-corrected chi connectivity index (χ0v) is 14.9. The fourth-order valence-electron chi connectivity index (χ4n) is 2.29. The molecule has 0 spiro atoms. The van der Waals surface area contributed by atoms with Crippen LogP contribution in [0.5, 0.6) is 5.75 Å². The number of ether oxygens (including phenoxy) is 1. The zero-order chi connectivity index (χ0) is 16.8. The van der Waals surface area contributed by atoms with Crippen LogP contribution >= 0.6 is 34.5 Å². The highest BCUT2D eigenvalue weighted by Crippen LogP contribution is 2.35. The van der Waals surface area contributed by atoms with Gasteiger partial charge in [-0.1, -0.05) is 34.5 Å². The van der Waals surface area contributed by atoms with Crippen LogP contribution in [0.4, 0.5) is 0 Å². The molecule has 0 bridgehead atoms. The van der Waals surface area contributed by atoms with E-state index in [1.807, 2.05) is 6.92 Å². The van der Waals surface area contributed by atoms with Crippen LogP contribution in [0.15, 0.2) is 18.2 Å². The van der Waals surface area contributed by atoms with Crippen LogP contribution in [-0.2, 0) is 0 Å². The van der Waals surface area contributed by atoms with Gasteiger partial charge >= 0.3 is 0 Å². The second-order valence-corrected chi connectivity index (χ2v) is 6.75. The first-order valence-corrected chi connectivity index (χ1v) is 8.42. The Morgan fingerprint density at radius 3 is 2.79 bits per heavy atom. The van der Waals surface area contributed by atoms with Crippen molar-refractivity contribution in [3.63, 3.8) is 0 Å². The number of methoxy groups -OCH3 is 1. The molecule has 0 aliphatic carbocycles. The van der Waals surface area contributed by atoms with Gasteiger partial charge < -0.3 is 4.74 Å². The Morgan fingerprint density at radius 1 is 1.25 bits per heavy atom. The van der Waals surface area contributed by atoms with Crippen molar-refractivity contribution >= 4 is 39.5 Å². The molecule has 0 fully saturated rings. The summed E-state index contributed by atoms with van der Waals surface area (Å²) >= 11 is 13.7. The fourth-order valence-corrected chi connectivity index (χ4v) is 3.53. The molecule has 3 aromatic heterocycles. The van der Waals surface area contributed by atoms with Crippen LogP contribution in [0.25, 0.3) is 27.1 Å². The molecule has 24 heavy (non-hydrogen) atoms. The number of halogens is 2. The number of H-pyrrole nitrogens is 1. The number of nitrogens with one attached hydrogen (secondary N) is 1. The second-order valence-electron chi connectivity index (χ2n) is 4.98. The van der Waals surface area contributed by atoms with Crippen LogP contribution in [0.2, 0.25) is 10.0 Å². The van der Waals surface area contributed by atoms with Gasteiger partial charge in [0.05, 0.1) is 23.4 Å². The number of hydrogen-bond acceptors (Lipinski definition) is 6. The van der Waals surface area contributed by atoms with Crippen molar-refractivity contribution in [2.45, 2.75) is 6.92 Å². The lowest BCUT2D eigenvalue weighted by molar-refractivity contribution is 0.416. The number of rotatable bonds is 3. The molecule has 0 aliphatic rings. The van der Waals surface area contributed by atoms with Gasteiger partial charge in [-0.05, 0) is 25.1 Å². The lowest BCUT2D eigenvalue weighted by Crippen LogP contribution is -1.94. The van der Waals surface area contributed by atoms with Crippen molar-refractivity contribution in [2.75, 3.05) is 7.11 Å². The summed E-state index contributed by atoms with van der Waals surface area (Å²) in [5.41, 5.74) is 2.08. The summed E-state index contributed by atoms with van der Waals surface area (Å²) in [6, 6.07) is 5.29. The predicted octanol–water partition coefficient (Wildman–Crippen LogP) is 3.87. The van der Waals surface area contributed by atoms with E-state index in [0.717, 1.165) is 5.69 Å². The molecule has 122 valence electrons. The Morgan fingerprint density at radius 2 is 2.08 bits per heavy atom. The monoisotopic (exact) mass is 380 g/mol. The number of fused-ring (bicyclic) bond motifs is 1. The lowest BCUT2D eigenvalue weighted by Gasteiger charge is -2.06. The van der Waals surface area contributed by atoms with Crippen LogP contribution in [0.1, 0.15) is 5.69 Å². The van der Waals surface area contributed by atoms with E-state index >= 15 is 0 Å². The molecular formula is C14H10Cl2N6OS. The molecule has 1 aromatic carbocycles. The van der Waals surface area contributed by atoms with Gasteiger partial charge in [-0.3, -0.25) is 5.10 Å². The maximum atomic E-state index is 6.25. The summed E-state index contributed by atoms with van der Waals surface area (Å²) in [6.07, 6.45) is 0. The van der Waals surface area contributed by atoms with Crippen molar-refractivity contribution in [1.82, 2.24) is 30.0 Å². The largest absolute Gasteiger partial charge is 0.496 e. The number of aromatic amines is 1. The summed E-state index contributed by atoms with van der Waals surface area (Å²) in [7, 11) is 1.59. The summed E-state index contributed by atoms with van der Waals surface area (Å²) in [5.74, 6) is 1.17. The van der Waals surface area contributed by atoms with Gasteiger partial charge in [-0.2, -0.15) is 14.7 Å². The summed E-state index contributed by atoms with van der Waals surface area (Å²) < 4.78 is 7.02. The highest BCUT2D eigenvalue weighted by atomic mass is 35.5. The molecule has 0 unspecified atom stereocenters. The van der Waals surface area contributed by atoms with Crippen molar-refractivity contribution < 1.29 is 4.74 Å². The van der Waals surface area contributed by atoms with Crippen LogP contribution in [0, 0.1) is 6.92 Å². The summed E-state index contributed by atoms with van der Waals surface area (Å²) in [4.78, 5) is 0.624. The Labute approximate surface area is 150 Å². The standard InChI is InChI=1S/C14H10Cl2N6OS/c1-6-10(16)11(18-17-6)13-21-22-12(19-20-14(22)24-13)8-5-7(15)3-4-9(8)23-2/h3-5H,1-2H3,(H,17,18). The first-order chi connectivity index (χ1) is 11.6. The Balaban J connectivity index is 1.90. The Hall–Kier alpha value is -2.16. The minimum Gasteiger partial charge on any atom is -0.496 e. The van der Waals surface area contributed by atoms with Crippen LogP contribution < -0.4 is 4.74 Å². The molecule has 4 aromatic rings. The van der Waals surface area contributed by atoms with E-state index in [4.69, 9.17) is 27.9 Å². The molecule has 0 radical (unpaired) electrons. The van der Waals surface area contributed by atoms with Gasteiger partial charge in [-0.15, -0.1) is 10.2 Å². The third-order valence-corrected chi connectivity index (χ3v) is 5.07. The van der Waals surface area contributed by atoms with Gasteiger partial charge in [0.25, 0.3) is 0 Å². The smallest absolute Gasteiger partial charge is 0.235 e. The third-order valence-electron chi connectivity index (χ3n) is 3.47. The Kier molecular flexibility index (Phi) is 3.67. The molecular weight excluding hydrogens is 371 g/mol. The van der Waals surface area contributed by atoms with E-state index in [2.05, 4.69) is 25.5 Å². The fraction of sp³-hybridized carbons (Fsp3) is 0.143. The van der Waals surface area contributed by atoms with Crippen molar-refractivity contribution in [1.29, 1.82) is 0 Å². The van der Waals surface area contributed by atoms with E-state index in [0.29, 0.717) is 42.8 Å². The molecule has 0 saturated heterocycles. The third kappa shape index (κ3) is 2.34. The molecule has 1 N–H and O–H groups in total. The summed E-state index contributed by atoms with van der Waals surface area (Å²) in [5, 5.41) is 21.7. The average Bonchev–Trinajstić information content (AvgIpc) is 3.23. The average molecular weight is 381 g/mol. The molecule has 10 heteroatoms. The zero-order valence-electron chi connectivity index (χ0n) is 12.5. The van der Waals surface area contributed by atoms with Gasteiger partial charge in [-0.25, -0.2) is 0 Å². The van der Waals surface area contributed by atoms with Gasteiger partial charge in [0.1, 0.15) is 11.4 Å². The number of hydrogen-bond donors (Lipinski definition) is 1. The van der Waals surface area contributed by atoms with E-state index in [-0.39, 0.29) is 0 Å². The highest BCUT2D eigenvalue weighted by molar-refractivity contribution is 7.19. The number of aromatic nitrogens is 6. The number of aryl methyl sites for hydroxylation is 1. The van der Waals surface area contributed by atoms with Crippen LogP contribution in [-0.4, -0.2) is 37.1 Å². The molecule has 0 amide bonds. The topological polar surface area (TPSA) is 81.0 Å². The van der Waals surface area contributed by atoms with E-state index in [1.165, 1.54) is 11.3 Å². The molecule has 7 nitrogen and oxygen atoms in total. The molecule has 0 saturated carbocycles. The van der Waals surface area contributed by atoms with Gasteiger partial charge in [0.2, 0.25) is 4.96 Å². The van der Waals surface area contributed by atoms with Crippen molar-refractivity contribution in [3.8, 4) is 27.8 Å². The molecule has 0 aliphatic heterocycles. The molecule has 0 atom stereocenters. The normalized spacial score (nSPS) is 11.3. The predicted molar refractivity (Wildman–Crippen MR) is 93.0 cm³/mol. The minimum atomic E-state index is 0.537. The molecule has 3 heterocycles. The second kappa shape index (κ2) is 5.73. The van der Waals surface area contributed by atoms with Gasteiger partial charge in [0, 0.05) is 5.02 Å². The first-order valence-electron chi connectivity index (χ1n) is 6.85. The van der Waals surface area contributed by atoms with Crippen molar-refractivity contribution in [3.05, 3.63) is 33.9 Å². The number of nitrogens with zero attached hydrogens (tertiary/aromatic N) is 5. The quantitative estimate of drug-likeness (QED) is 0.583. The van der Waals surface area contributed by atoms with E-state index in [9.17, 15) is 0 Å². The van der Waals surface area contributed by atoms with Gasteiger partial charge in [0.15, 0.2) is 10.8 Å². The highest BCUT2D eigenvalue weighted by Gasteiger charge is 2.20. The SMILES string of the molecule is COc1ccc(Cl)cc1-c1nnc2sc(-c3n[nH]c(C)c3Cl)nn12. The summed E-state index contributed by atoms with van der Waals surface area (Å²) in [6.45, 7) is 1.85. The van der Waals surface area contributed by atoms with Crippen molar-refractivity contribution in [2.24, 2.45) is 0 Å². The lowest BCUT2D eigenvalue weighted by atomic mass is 10.2.